The van der Waals surface area contributed by atoms with Gasteiger partial charge in [0.25, 0.3) is 0 Å². The molecule has 0 bridgehead atoms. The Morgan fingerprint density at radius 2 is 1.79 bits per heavy atom. The second-order valence-electron chi connectivity index (χ2n) is 6.75. The molecule has 1 fully saturated rings. The molecule has 0 unspecified atom stereocenters. The standard InChI is InChI=1S/C17H27NO/c1-13(2)19-16-8-6-5-7-15(16)18-14-9-11-17(3,4)12-10-14/h5-8,13-14,18H,9-12H2,1-4H3. The summed E-state index contributed by atoms with van der Waals surface area (Å²) in [7, 11) is 0. The van der Waals surface area contributed by atoms with E-state index in [4.69, 9.17) is 4.74 Å². The van der Waals surface area contributed by atoms with E-state index < -0.39 is 0 Å². The van der Waals surface area contributed by atoms with Crippen molar-refractivity contribution >= 4 is 5.69 Å². The van der Waals surface area contributed by atoms with Crippen LogP contribution >= 0.6 is 0 Å². The van der Waals surface area contributed by atoms with Crippen molar-refractivity contribution in [3.05, 3.63) is 24.3 Å². The Labute approximate surface area is 117 Å². The van der Waals surface area contributed by atoms with Crippen molar-refractivity contribution in [2.75, 3.05) is 5.32 Å². The number of para-hydroxylation sites is 2. The molecule has 0 aliphatic heterocycles. The minimum Gasteiger partial charge on any atom is -0.489 e. The molecule has 0 atom stereocenters. The zero-order chi connectivity index (χ0) is 13.9. The van der Waals surface area contributed by atoms with Gasteiger partial charge in [-0.1, -0.05) is 26.0 Å². The smallest absolute Gasteiger partial charge is 0.142 e. The summed E-state index contributed by atoms with van der Waals surface area (Å²) in [5.41, 5.74) is 1.66. The number of hydrogen-bond donors (Lipinski definition) is 1. The van der Waals surface area contributed by atoms with Gasteiger partial charge in [0, 0.05) is 6.04 Å². The van der Waals surface area contributed by atoms with E-state index in [0.29, 0.717) is 11.5 Å². The molecular formula is C17H27NO. The Balaban J connectivity index is 1.99. The minimum absolute atomic E-state index is 0.216. The highest BCUT2D eigenvalue weighted by atomic mass is 16.5. The molecule has 2 rings (SSSR count). The van der Waals surface area contributed by atoms with Crippen LogP contribution in [-0.2, 0) is 0 Å². The van der Waals surface area contributed by atoms with Crippen LogP contribution in [0.5, 0.6) is 5.75 Å². The van der Waals surface area contributed by atoms with Gasteiger partial charge in [0.05, 0.1) is 11.8 Å². The molecule has 19 heavy (non-hydrogen) atoms. The number of ether oxygens (including phenoxy) is 1. The van der Waals surface area contributed by atoms with Gasteiger partial charge in [0.2, 0.25) is 0 Å². The van der Waals surface area contributed by atoms with Crippen LogP contribution in [0.15, 0.2) is 24.3 Å². The Bertz CT molecular complexity index is 401. The minimum atomic E-state index is 0.216. The molecule has 106 valence electrons. The van der Waals surface area contributed by atoms with Crippen LogP contribution < -0.4 is 10.1 Å². The molecule has 0 radical (unpaired) electrons. The van der Waals surface area contributed by atoms with Gasteiger partial charge in [0.15, 0.2) is 0 Å². The van der Waals surface area contributed by atoms with Crippen LogP contribution in [0.25, 0.3) is 0 Å². The lowest BCUT2D eigenvalue weighted by Crippen LogP contribution is -2.30. The normalized spacial score (nSPS) is 19.4. The van der Waals surface area contributed by atoms with E-state index in [2.05, 4.69) is 51.2 Å². The molecule has 1 saturated carbocycles. The third-order valence-electron chi connectivity index (χ3n) is 3.95. The van der Waals surface area contributed by atoms with Crippen molar-refractivity contribution in [3.63, 3.8) is 0 Å². The first kappa shape index (κ1) is 14.2. The van der Waals surface area contributed by atoms with Crippen LogP contribution in [0.2, 0.25) is 0 Å². The highest BCUT2D eigenvalue weighted by molar-refractivity contribution is 5.56. The maximum Gasteiger partial charge on any atom is 0.142 e. The van der Waals surface area contributed by atoms with E-state index in [1.807, 2.05) is 6.07 Å². The van der Waals surface area contributed by atoms with Crippen molar-refractivity contribution in [1.82, 2.24) is 0 Å². The maximum atomic E-state index is 5.87. The second kappa shape index (κ2) is 5.85. The van der Waals surface area contributed by atoms with Gasteiger partial charge >= 0.3 is 0 Å². The number of hydrogen-bond acceptors (Lipinski definition) is 2. The fourth-order valence-electron chi connectivity index (χ4n) is 2.71. The fourth-order valence-corrected chi connectivity index (χ4v) is 2.71. The highest BCUT2D eigenvalue weighted by Gasteiger charge is 2.27. The number of benzene rings is 1. The molecule has 0 amide bonds. The van der Waals surface area contributed by atoms with Gasteiger partial charge in [-0.25, -0.2) is 0 Å². The second-order valence-corrected chi connectivity index (χ2v) is 6.75. The first-order chi connectivity index (χ1) is 8.96. The molecule has 1 aliphatic carbocycles. The van der Waals surface area contributed by atoms with E-state index in [1.54, 1.807) is 0 Å². The first-order valence-corrected chi connectivity index (χ1v) is 7.48. The SMILES string of the molecule is CC(C)Oc1ccccc1NC1CCC(C)(C)CC1. The average molecular weight is 261 g/mol. The molecule has 1 aromatic rings. The van der Waals surface area contributed by atoms with Crippen molar-refractivity contribution in [3.8, 4) is 5.75 Å². The predicted molar refractivity (Wildman–Crippen MR) is 81.9 cm³/mol. The van der Waals surface area contributed by atoms with Gasteiger partial charge in [-0.15, -0.1) is 0 Å². The molecule has 0 aromatic heterocycles. The first-order valence-electron chi connectivity index (χ1n) is 7.48. The molecule has 0 saturated heterocycles. The van der Waals surface area contributed by atoms with E-state index >= 15 is 0 Å². The summed E-state index contributed by atoms with van der Waals surface area (Å²) in [6.45, 7) is 8.89. The third-order valence-corrected chi connectivity index (χ3v) is 3.95. The summed E-state index contributed by atoms with van der Waals surface area (Å²) < 4.78 is 5.87. The Morgan fingerprint density at radius 1 is 1.16 bits per heavy atom. The quantitative estimate of drug-likeness (QED) is 0.836. The Morgan fingerprint density at radius 3 is 2.42 bits per heavy atom. The third kappa shape index (κ3) is 4.15. The molecule has 2 nitrogen and oxygen atoms in total. The van der Waals surface area contributed by atoms with Gasteiger partial charge in [-0.05, 0) is 57.1 Å². The van der Waals surface area contributed by atoms with Gasteiger partial charge in [0.1, 0.15) is 5.75 Å². The lowest BCUT2D eigenvalue weighted by atomic mass is 9.75. The van der Waals surface area contributed by atoms with Crippen LogP contribution in [0.3, 0.4) is 0 Å². The van der Waals surface area contributed by atoms with E-state index in [0.717, 1.165) is 11.4 Å². The fraction of sp³-hybridized carbons (Fsp3) is 0.647. The van der Waals surface area contributed by atoms with E-state index in [1.165, 1.54) is 25.7 Å². The van der Waals surface area contributed by atoms with Crippen molar-refractivity contribution in [2.45, 2.75) is 65.5 Å². The lowest BCUT2D eigenvalue weighted by Gasteiger charge is -2.35. The number of rotatable bonds is 4. The van der Waals surface area contributed by atoms with Crippen LogP contribution in [0.4, 0.5) is 5.69 Å². The molecular weight excluding hydrogens is 234 g/mol. The van der Waals surface area contributed by atoms with Crippen LogP contribution in [0, 0.1) is 5.41 Å². The van der Waals surface area contributed by atoms with E-state index in [-0.39, 0.29) is 6.10 Å². The average Bonchev–Trinajstić information content (AvgIpc) is 2.33. The van der Waals surface area contributed by atoms with Crippen molar-refractivity contribution in [1.29, 1.82) is 0 Å². The highest BCUT2D eigenvalue weighted by Crippen LogP contribution is 2.37. The number of nitrogens with one attached hydrogen (secondary N) is 1. The Kier molecular flexibility index (Phi) is 4.38. The van der Waals surface area contributed by atoms with Crippen molar-refractivity contribution < 1.29 is 4.74 Å². The number of anilines is 1. The van der Waals surface area contributed by atoms with Crippen LogP contribution in [-0.4, -0.2) is 12.1 Å². The molecule has 1 aromatic carbocycles. The summed E-state index contributed by atoms with van der Waals surface area (Å²) in [6, 6.07) is 8.87. The van der Waals surface area contributed by atoms with E-state index in [9.17, 15) is 0 Å². The predicted octanol–water partition coefficient (Wildman–Crippen LogP) is 4.85. The Hall–Kier alpha value is -1.18. The largest absolute Gasteiger partial charge is 0.489 e. The zero-order valence-corrected chi connectivity index (χ0v) is 12.7. The summed E-state index contributed by atoms with van der Waals surface area (Å²) in [5, 5.41) is 3.67. The summed E-state index contributed by atoms with van der Waals surface area (Å²) >= 11 is 0. The molecule has 2 heteroatoms. The van der Waals surface area contributed by atoms with Gasteiger partial charge in [-0.2, -0.15) is 0 Å². The summed E-state index contributed by atoms with van der Waals surface area (Å²) in [4.78, 5) is 0. The zero-order valence-electron chi connectivity index (χ0n) is 12.7. The molecule has 1 N–H and O–H groups in total. The molecule has 1 aliphatic rings. The van der Waals surface area contributed by atoms with Gasteiger partial charge < -0.3 is 10.1 Å². The maximum absolute atomic E-state index is 5.87. The monoisotopic (exact) mass is 261 g/mol. The summed E-state index contributed by atoms with van der Waals surface area (Å²) in [5.74, 6) is 0.974. The molecule has 0 heterocycles. The van der Waals surface area contributed by atoms with Gasteiger partial charge in [-0.3, -0.25) is 0 Å². The molecule has 0 spiro atoms. The lowest BCUT2D eigenvalue weighted by molar-refractivity contribution is 0.230. The van der Waals surface area contributed by atoms with Crippen molar-refractivity contribution in [2.24, 2.45) is 5.41 Å². The topological polar surface area (TPSA) is 21.3 Å². The van der Waals surface area contributed by atoms with Crippen LogP contribution in [0.1, 0.15) is 53.4 Å². The summed E-state index contributed by atoms with van der Waals surface area (Å²) in [6.07, 6.45) is 5.33.